The van der Waals surface area contributed by atoms with Gasteiger partial charge >= 0.3 is 11.9 Å². The molecular weight excluding hydrogens is 492 g/mol. The average molecular weight is 541 g/mol. The van der Waals surface area contributed by atoms with Crippen molar-refractivity contribution in [2.24, 2.45) is 29.6 Å². The molecule has 9 nitrogen and oxygen atoms in total. The van der Waals surface area contributed by atoms with Crippen molar-refractivity contribution in [1.29, 1.82) is 0 Å². The number of carbonyl (C=O) groups excluding carboxylic acids is 1. The van der Waals surface area contributed by atoms with E-state index in [4.69, 9.17) is 24.5 Å². The summed E-state index contributed by atoms with van der Waals surface area (Å²) in [6.45, 7) is 3.00. The fraction of sp³-hybridized carbons (Fsp3) is 0.931. The molecule has 0 amide bonds. The molecule has 218 valence electrons. The molecule has 0 aliphatic heterocycles. The summed E-state index contributed by atoms with van der Waals surface area (Å²) in [6, 6.07) is 0. The predicted octanol–water partition coefficient (Wildman–Crippen LogP) is 5.55. The summed E-state index contributed by atoms with van der Waals surface area (Å²) in [4.78, 5) is 40.2. The Bertz CT molecular complexity index is 728. The number of carboxylic acids is 1. The lowest BCUT2D eigenvalue weighted by Crippen LogP contribution is -2.39. The van der Waals surface area contributed by atoms with Gasteiger partial charge in [-0.2, -0.15) is 0 Å². The van der Waals surface area contributed by atoms with Gasteiger partial charge in [-0.05, 0) is 101 Å². The van der Waals surface area contributed by atoms with Gasteiger partial charge in [-0.1, -0.05) is 19.8 Å². The highest BCUT2D eigenvalue weighted by molar-refractivity contribution is 5.81. The van der Waals surface area contributed by atoms with Gasteiger partial charge in [-0.25, -0.2) is 14.7 Å². The van der Waals surface area contributed by atoms with E-state index in [1.165, 1.54) is 12.8 Å². The molecule has 5 unspecified atom stereocenters. The summed E-state index contributed by atoms with van der Waals surface area (Å²) in [7, 11) is 0. The van der Waals surface area contributed by atoms with Crippen LogP contribution in [-0.4, -0.2) is 59.9 Å². The molecule has 0 aromatic rings. The van der Waals surface area contributed by atoms with Crippen molar-refractivity contribution in [3.8, 4) is 0 Å². The van der Waals surface area contributed by atoms with E-state index in [0.717, 1.165) is 70.6 Å². The van der Waals surface area contributed by atoms with Gasteiger partial charge in [0.2, 0.25) is 0 Å². The van der Waals surface area contributed by atoms with Crippen molar-refractivity contribution in [3.05, 3.63) is 0 Å². The van der Waals surface area contributed by atoms with Crippen LogP contribution < -0.4 is 0 Å². The van der Waals surface area contributed by atoms with E-state index in [-0.39, 0.29) is 30.4 Å². The van der Waals surface area contributed by atoms with Crippen molar-refractivity contribution >= 4 is 11.9 Å². The molecule has 38 heavy (non-hydrogen) atoms. The van der Waals surface area contributed by atoms with Crippen LogP contribution in [0.3, 0.4) is 0 Å². The molecule has 5 atom stereocenters. The number of carboxylic acid groups (broad SMARTS) is 1. The van der Waals surface area contributed by atoms with Crippen LogP contribution >= 0.6 is 0 Å². The second-order valence-electron chi connectivity index (χ2n) is 12.3. The molecule has 4 saturated carbocycles. The van der Waals surface area contributed by atoms with Gasteiger partial charge in [-0.3, -0.25) is 14.8 Å². The van der Waals surface area contributed by atoms with Crippen molar-refractivity contribution in [3.63, 3.8) is 0 Å². The third kappa shape index (κ3) is 8.62. The Labute approximate surface area is 226 Å². The van der Waals surface area contributed by atoms with Crippen molar-refractivity contribution in [2.75, 3.05) is 13.2 Å². The summed E-state index contributed by atoms with van der Waals surface area (Å²) in [6.07, 6.45) is 13.9. The normalized spacial score (nSPS) is 38.4. The zero-order valence-electron chi connectivity index (χ0n) is 23.0. The molecule has 4 aliphatic rings. The minimum atomic E-state index is -0.881. The minimum Gasteiger partial charge on any atom is -0.481 e. The number of ether oxygens (including phenoxy) is 2. The molecule has 0 bridgehead atoms. The third-order valence-electron chi connectivity index (χ3n) is 9.48. The van der Waals surface area contributed by atoms with Crippen LogP contribution in [0.1, 0.15) is 103 Å². The van der Waals surface area contributed by atoms with Crippen LogP contribution in [0.15, 0.2) is 0 Å². The van der Waals surface area contributed by atoms with E-state index in [0.29, 0.717) is 43.8 Å². The number of hydrogen-bond acceptors (Lipinski definition) is 8. The summed E-state index contributed by atoms with van der Waals surface area (Å²) in [5, 5.41) is 18.3. The zero-order valence-corrected chi connectivity index (χ0v) is 23.0. The van der Waals surface area contributed by atoms with Crippen molar-refractivity contribution < 1.29 is 44.1 Å². The second-order valence-corrected chi connectivity index (χ2v) is 12.3. The quantitative estimate of drug-likeness (QED) is 0.197. The monoisotopic (exact) mass is 540 g/mol. The Kier molecular flexibility index (Phi) is 11.7. The Hall–Kier alpha value is -1.26. The van der Waals surface area contributed by atoms with Crippen LogP contribution in [0, 0.1) is 29.6 Å². The first-order valence-electron chi connectivity index (χ1n) is 15.1. The molecule has 0 aromatic heterocycles. The summed E-state index contributed by atoms with van der Waals surface area (Å²) in [5.74, 6) is -1.29. The fourth-order valence-electron chi connectivity index (χ4n) is 7.05. The molecule has 0 aromatic carbocycles. The molecular formula is C29H48O9. The van der Waals surface area contributed by atoms with E-state index in [2.05, 4.69) is 11.8 Å². The molecule has 9 heteroatoms. The maximum atomic E-state index is 12.8. The molecule has 4 fully saturated rings. The van der Waals surface area contributed by atoms with Crippen LogP contribution in [0.4, 0.5) is 0 Å². The largest absolute Gasteiger partial charge is 0.481 e. The lowest BCUT2D eigenvalue weighted by molar-refractivity contribution is -0.340. The molecule has 4 aliphatic carbocycles. The molecule has 2 N–H and O–H groups in total. The summed E-state index contributed by atoms with van der Waals surface area (Å²) >= 11 is 0. The smallest absolute Gasteiger partial charge is 0.310 e. The van der Waals surface area contributed by atoms with Gasteiger partial charge in [0.1, 0.15) is 6.10 Å². The Balaban J connectivity index is 1.09. The molecule has 0 radical (unpaired) electrons. The lowest BCUT2D eigenvalue weighted by atomic mass is 9.74. The minimum absolute atomic E-state index is 0.0956. The molecule has 0 saturated heterocycles. The van der Waals surface area contributed by atoms with E-state index in [9.17, 15) is 14.7 Å². The topological polar surface area (TPSA) is 121 Å². The molecule has 0 spiro atoms. The number of carbonyl (C=O) groups is 2. The number of esters is 1. The first-order chi connectivity index (χ1) is 18.4. The van der Waals surface area contributed by atoms with E-state index in [1.807, 2.05) is 0 Å². The van der Waals surface area contributed by atoms with Crippen LogP contribution in [-0.2, 0) is 33.7 Å². The predicted molar refractivity (Wildman–Crippen MR) is 138 cm³/mol. The second kappa shape index (κ2) is 14.9. The molecule has 4 rings (SSSR count). The van der Waals surface area contributed by atoms with Gasteiger partial charge in [0.15, 0.2) is 0 Å². The van der Waals surface area contributed by atoms with Crippen molar-refractivity contribution in [2.45, 2.75) is 128 Å². The number of rotatable bonds is 11. The Morgan fingerprint density at radius 3 is 1.89 bits per heavy atom. The SMILES string of the molecule is CC1CCC(C(=O)O)C(C(=O)OC2CCC(OC3CCC(OOCC4CCCCC4COO)CC3)CC2)C1. The lowest BCUT2D eigenvalue weighted by Gasteiger charge is -2.35. The highest BCUT2D eigenvalue weighted by Gasteiger charge is 2.40. The van der Waals surface area contributed by atoms with Crippen molar-refractivity contribution in [1.82, 2.24) is 0 Å². The maximum Gasteiger partial charge on any atom is 0.310 e. The summed E-state index contributed by atoms with van der Waals surface area (Å²) < 4.78 is 12.2. The number of hydrogen-bond donors (Lipinski definition) is 2. The van der Waals surface area contributed by atoms with E-state index < -0.39 is 17.8 Å². The zero-order chi connectivity index (χ0) is 26.9. The maximum absolute atomic E-state index is 12.8. The molecule has 0 heterocycles. The fourth-order valence-corrected chi connectivity index (χ4v) is 7.05. The van der Waals surface area contributed by atoms with Gasteiger partial charge in [-0.15, -0.1) is 0 Å². The first kappa shape index (κ1) is 29.7. The van der Waals surface area contributed by atoms with Gasteiger partial charge in [0.25, 0.3) is 0 Å². The van der Waals surface area contributed by atoms with Crippen LogP contribution in [0.25, 0.3) is 0 Å². The summed E-state index contributed by atoms with van der Waals surface area (Å²) in [5.41, 5.74) is 0. The van der Waals surface area contributed by atoms with E-state index in [1.54, 1.807) is 0 Å². The van der Waals surface area contributed by atoms with Crippen LogP contribution in [0.2, 0.25) is 0 Å². The Morgan fingerprint density at radius 2 is 1.29 bits per heavy atom. The third-order valence-corrected chi connectivity index (χ3v) is 9.48. The van der Waals surface area contributed by atoms with Gasteiger partial charge < -0.3 is 14.6 Å². The van der Waals surface area contributed by atoms with Gasteiger partial charge in [0.05, 0.1) is 43.4 Å². The highest BCUT2D eigenvalue weighted by Crippen LogP contribution is 2.36. The van der Waals surface area contributed by atoms with E-state index >= 15 is 0 Å². The van der Waals surface area contributed by atoms with Gasteiger partial charge in [0, 0.05) is 0 Å². The van der Waals surface area contributed by atoms with Crippen LogP contribution in [0.5, 0.6) is 0 Å². The average Bonchev–Trinajstić information content (AvgIpc) is 2.91. The Morgan fingerprint density at radius 1 is 0.711 bits per heavy atom. The number of aliphatic carboxylic acids is 1. The first-order valence-corrected chi connectivity index (χ1v) is 15.1. The standard InChI is InChI=1S/C29H48O9/c1-19-6-15-26(28(30)31)27(16-19)29(32)37-24-9-7-22(8-10-24)36-23-11-13-25(14-12-23)38-35-18-21-5-3-2-4-20(21)17-34-33/h19-27,33H,2-18H2,1H3,(H,30,31). The highest BCUT2D eigenvalue weighted by atomic mass is 17.2.